The second-order valence-corrected chi connectivity index (χ2v) is 7.84. The molecule has 166 valence electrons. The number of ether oxygens (including phenoxy) is 3. The summed E-state index contributed by atoms with van der Waals surface area (Å²) in [6.07, 6.45) is 0.857. The van der Waals surface area contributed by atoms with Crippen LogP contribution in [0.15, 0.2) is 91.0 Å². The molecule has 0 saturated heterocycles. The van der Waals surface area contributed by atoms with Gasteiger partial charge in [0.25, 0.3) is 0 Å². The molecule has 5 aromatic rings. The molecule has 0 aliphatic rings. The Hall–Kier alpha value is -3.99. The Morgan fingerprint density at radius 1 is 0.727 bits per heavy atom. The minimum atomic E-state index is 0.409. The van der Waals surface area contributed by atoms with E-state index in [2.05, 4.69) is 34.9 Å². The summed E-state index contributed by atoms with van der Waals surface area (Å²) in [5.41, 5.74) is 2.09. The number of imidazole rings is 1. The van der Waals surface area contributed by atoms with Gasteiger partial charge < -0.3 is 18.8 Å². The zero-order valence-electron chi connectivity index (χ0n) is 18.6. The number of aryl methyl sites for hydroxylation is 1. The molecule has 0 aliphatic carbocycles. The first-order valence-electron chi connectivity index (χ1n) is 11.1. The van der Waals surface area contributed by atoms with Crippen LogP contribution in [0.4, 0.5) is 0 Å². The van der Waals surface area contributed by atoms with E-state index in [0.717, 1.165) is 47.1 Å². The summed E-state index contributed by atoms with van der Waals surface area (Å²) in [4.78, 5) is 4.83. The second-order valence-electron chi connectivity index (χ2n) is 7.84. The fourth-order valence-corrected chi connectivity index (χ4v) is 3.97. The van der Waals surface area contributed by atoms with Crippen molar-refractivity contribution in [1.29, 1.82) is 0 Å². The normalized spacial score (nSPS) is 11.1. The Labute approximate surface area is 193 Å². The minimum Gasteiger partial charge on any atom is -0.497 e. The number of para-hydroxylation sites is 2. The minimum absolute atomic E-state index is 0.409. The highest BCUT2D eigenvalue weighted by Gasteiger charge is 2.11. The molecule has 33 heavy (non-hydrogen) atoms. The van der Waals surface area contributed by atoms with Crippen molar-refractivity contribution < 1.29 is 14.2 Å². The van der Waals surface area contributed by atoms with Crippen LogP contribution in [0.1, 0.15) is 12.2 Å². The summed E-state index contributed by atoms with van der Waals surface area (Å²) >= 11 is 0. The lowest BCUT2D eigenvalue weighted by molar-refractivity contribution is 0.280. The first-order chi connectivity index (χ1) is 16.3. The van der Waals surface area contributed by atoms with Gasteiger partial charge in [0, 0.05) is 6.54 Å². The van der Waals surface area contributed by atoms with E-state index in [9.17, 15) is 0 Å². The topological polar surface area (TPSA) is 45.5 Å². The van der Waals surface area contributed by atoms with Crippen LogP contribution in [0.3, 0.4) is 0 Å². The van der Waals surface area contributed by atoms with Gasteiger partial charge in [0.15, 0.2) is 0 Å². The Morgan fingerprint density at radius 3 is 2.30 bits per heavy atom. The lowest BCUT2D eigenvalue weighted by Gasteiger charge is -2.12. The summed E-state index contributed by atoms with van der Waals surface area (Å²) < 4.78 is 19.5. The van der Waals surface area contributed by atoms with Crippen molar-refractivity contribution in [3.8, 4) is 17.2 Å². The quantitative estimate of drug-likeness (QED) is 0.255. The fourth-order valence-electron chi connectivity index (χ4n) is 3.97. The van der Waals surface area contributed by atoms with E-state index in [1.165, 1.54) is 10.8 Å². The predicted molar refractivity (Wildman–Crippen MR) is 131 cm³/mol. The van der Waals surface area contributed by atoms with Crippen molar-refractivity contribution in [2.75, 3.05) is 13.7 Å². The molecule has 0 spiro atoms. The van der Waals surface area contributed by atoms with E-state index >= 15 is 0 Å². The van der Waals surface area contributed by atoms with Crippen LogP contribution in [0, 0.1) is 0 Å². The average molecular weight is 439 g/mol. The van der Waals surface area contributed by atoms with Gasteiger partial charge in [-0.15, -0.1) is 0 Å². The first-order valence-corrected chi connectivity index (χ1v) is 11.1. The molecule has 4 aromatic carbocycles. The van der Waals surface area contributed by atoms with E-state index < -0.39 is 0 Å². The maximum absolute atomic E-state index is 6.14. The third-order valence-corrected chi connectivity index (χ3v) is 5.68. The molecule has 0 bridgehead atoms. The number of benzene rings is 4. The monoisotopic (exact) mass is 438 g/mol. The highest BCUT2D eigenvalue weighted by molar-refractivity contribution is 5.83. The van der Waals surface area contributed by atoms with Gasteiger partial charge in [-0.1, -0.05) is 42.5 Å². The van der Waals surface area contributed by atoms with Crippen LogP contribution >= 0.6 is 0 Å². The van der Waals surface area contributed by atoms with Crippen LogP contribution < -0.4 is 14.2 Å². The van der Waals surface area contributed by atoms with Crippen molar-refractivity contribution in [2.24, 2.45) is 0 Å². The van der Waals surface area contributed by atoms with Crippen LogP contribution in [0.2, 0.25) is 0 Å². The van der Waals surface area contributed by atoms with Crippen LogP contribution in [0.5, 0.6) is 17.2 Å². The number of nitrogens with zero attached hydrogens (tertiary/aromatic N) is 2. The van der Waals surface area contributed by atoms with E-state index in [1.807, 2.05) is 60.7 Å². The second kappa shape index (κ2) is 9.65. The number of fused-ring (bicyclic) bond motifs is 2. The third kappa shape index (κ3) is 4.77. The zero-order chi connectivity index (χ0) is 22.5. The Morgan fingerprint density at radius 2 is 1.45 bits per heavy atom. The van der Waals surface area contributed by atoms with Crippen molar-refractivity contribution in [1.82, 2.24) is 9.55 Å². The van der Waals surface area contributed by atoms with Crippen molar-refractivity contribution in [3.05, 3.63) is 96.8 Å². The summed E-state index contributed by atoms with van der Waals surface area (Å²) in [5.74, 6) is 3.42. The number of methoxy groups -OCH3 is 1. The molecule has 0 N–H and O–H groups in total. The molecule has 5 heteroatoms. The molecule has 0 aliphatic heterocycles. The van der Waals surface area contributed by atoms with Crippen LogP contribution in [-0.4, -0.2) is 23.3 Å². The Kier molecular flexibility index (Phi) is 6.11. The summed E-state index contributed by atoms with van der Waals surface area (Å²) in [7, 11) is 1.66. The van der Waals surface area contributed by atoms with Gasteiger partial charge in [0.1, 0.15) is 29.7 Å². The van der Waals surface area contributed by atoms with E-state index in [4.69, 9.17) is 19.2 Å². The third-order valence-electron chi connectivity index (χ3n) is 5.68. The maximum atomic E-state index is 6.14. The summed E-state index contributed by atoms with van der Waals surface area (Å²) in [5, 5.41) is 2.37. The zero-order valence-corrected chi connectivity index (χ0v) is 18.6. The fraction of sp³-hybridized carbons (Fsp3) is 0.179. The SMILES string of the molecule is COc1ccc(OCCCn2c(COc3ccc4ccccc4c3)nc3ccccc32)cc1. The molecule has 0 amide bonds. The lowest BCUT2D eigenvalue weighted by atomic mass is 10.1. The molecule has 0 fully saturated rings. The van der Waals surface area contributed by atoms with E-state index in [-0.39, 0.29) is 0 Å². The molecular formula is C28H26N2O3. The van der Waals surface area contributed by atoms with Crippen molar-refractivity contribution >= 4 is 21.8 Å². The molecule has 0 atom stereocenters. The average Bonchev–Trinajstić information content (AvgIpc) is 3.23. The number of hydrogen-bond donors (Lipinski definition) is 0. The van der Waals surface area contributed by atoms with Crippen molar-refractivity contribution in [2.45, 2.75) is 19.6 Å². The van der Waals surface area contributed by atoms with Gasteiger partial charge in [-0.05, 0) is 65.7 Å². The number of aromatic nitrogens is 2. The molecule has 0 saturated carbocycles. The largest absolute Gasteiger partial charge is 0.497 e. The molecule has 5 rings (SSSR count). The summed E-state index contributed by atoms with van der Waals surface area (Å²) in [6.45, 7) is 1.82. The lowest BCUT2D eigenvalue weighted by Crippen LogP contribution is -2.10. The molecule has 0 radical (unpaired) electrons. The van der Waals surface area contributed by atoms with Gasteiger partial charge in [0.05, 0.1) is 24.8 Å². The van der Waals surface area contributed by atoms with Crippen LogP contribution in [0.25, 0.3) is 21.8 Å². The maximum Gasteiger partial charge on any atom is 0.147 e. The smallest absolute Gasteiger partial charge is 0.147 e. The van der Waals surface area contributed by atoms with Gasteiger partial charge in [-0.25, -0.2) is 4.98 Å². The molecule has 1 heterocycles. The standard InChI is InChI=1S/C28H26N2O3/c1-31-23-13-15-24(16-14-23)32-18-6-17-30-27-10-5-4-9-26(27)29-28(30)20-33-25-12-11-21-7-2-3-8-22(21)19-25/h2-5,7-16,19H,6,17-18,20H2,1H3. The van der Waals surface area contributed by atoms with Gasteiger partial charge in [0.2, 0.25) is 0 Å². The molecule has 1 aromatic heterocycles. The number of hydrogen-bond acceptors (Lipinski definition) is 4. The van der Waals surface area contributed by atoms with Gasteiger partial charge in [-0.2, -0.15) is 0 Å². The highest BCUT2D eigenvalue weighted by Crippen LogP contribution is 2.23. The molecule has 5 nitrogen and oxygen atoms in total. The van der Waals surface area contributed by atoms with Crippen molar-refractivity contribution in [3.63, 3.8) is 0 Å². The Bertz CT molecular complexity index is 1360. The van der Waals surface area contributed by atoms with Crippen LogP contribution in [-0.2, 0) is 13.2 Å². The molecule has 0 unspecified atom stereocenters. The number of rotatable bonds is 9. The molecular weight excluding hydrogens is 412 g/mol. The van der Waals surface area contributed by atoms with E-state index in [0.29, 0.717) is 13.2 Å². The first kappa shape index (κ1) is 20.9. The highest BCUT2D eigenvalue weighted by atomic mass is 16.5. The Balaban J connectivity index is 1.27. The van der Waals surface area contributed by atoms with Gasteiger partial charge in [-0.3, -0.25) is 0 Å². The van der Waals surface area contributed by atoms with E-state index in [1.54, 1.807) is 7.11 Å². The summed E-state index contributed by atoms with van der Waals surface area (Å²) in [6, 6.07) is 30.3. The predicted octanol–water partition coefficient (Wildman–Crippen LogP) is 6.25. The van der Waals surface area contributed by atoms with Gasteiger partial charge >= 0.3 is 0 Å².